The van der Waals surface area contributed by atoms with E-state index in [0.717, 1.165) is 30.1 Å². The lowest BCUT2D eigenvalue weighted by Gasteiger charge is -2.07. The van der Waals surface area contributed by atoms with Crippen LogP contribution in [0.2, 0.25) is 5.15 Å². The van der Waals surface area contributed by atoms with Crippen LogP contribution in [0.4, 0.5) is 0 Å². The van der Waals surface area contributed by atoms with E-state index in [1.807, 2.05) is 26.1 Å². The number of nitrogens with one attached hydrogen (secondary N) is 1. The van der Waals surface area contributed by atoms with Crippen LogP contribution in [0.3, 0.4) is 0 Å². The predicted molar refractivity (Wildman–Crippen MR) is 81.1 cm³/mol. The van der Waals surface area contributed by atoms with E-state index in [2.05, 4.69) is 29.5 Å². The van der Waals surface area contributed by atoms with E-state index in [1.165, 1.54) is 5.56 Å². The Morgan fingerprint density at radius 3 is 2.55 bits per heavy atom. The van der Waals surface area contributed by atoms with Crippen LogP contribution in [0.1, 0.15) is 23.7 Å². The first kappa shape index (κ1) is 14.9. The molecular weight excluding hydrogens is 274 g/mol. The smallest absolute Gasteiger partial charge is 0.133 e. The van der Waals surface area contributed by atoms with E-state index in [-0.39, 0.29) is 0 Å². The molecule has 108 valence electrons. The summed E-state index contributed by atoms with van der Waals surface area (Å²) >= 11 is 6.17. The largest absolute Gasteiger partial charge is 0.489 e. The summed E-state index contributed by atoms with van der Waals surface area (Å²) in [4.78, 5) is 0. The fourth-order valence-electron chi connectivity index (χ4n) is 1.97. The zero-order chi connectivity index (χ0) is 14.5. The average Bonchev–Trinajstić information content (AvgIpc) is 2.69. The summed E-state index contributed by atoms with van der Waals surface area (Å²) in [6.07, 6.45) is 0. The summed E-state index contributed by atoms with van der Waals surface area (Å²) < 4.78 is 7.43. The van der Waals surface area contributed by atoms with Crippen molar-refractivity contribution in [1.29, 1.82) is 0 Å². The number of halogens is 1. The fraction of sp³-hybridized carbons (Fsp3) is 0.400. The first-order chi connectivity index (χ1) is 9.61. The van der Waals surface area contributed by atoms with Gasteiger partial charge in [0.25, 0.3) is 0 Å². The van der Waals surface area contributed by atoms with Crippen LogP contribution < -0.4 is 10.1 Å². The van der Waals surface area contributed by atoms with E-state index in [1.54, 1.807) is 4.68 Å². The van der Waals surface area contributed by atoms with Crippen LogP contribution in [0, 0.1) is 6.92 Å². The van der Waals surface area contributed by atoms with E-state index < -0.39 is 0 Å². The predicted octanol–water partition coefficient (Wildman–Crippen LogP) is 3.07. The van der Waals surface area contributed by atoms with Gasteiger partial charge in [-0.1, -0.05) is 30.7 Å². The lowest BCUT2D eigenvalue weighted by atomic mass is 10.2. The van der Waals surface area contributed by atoms with E-state index in [9.17, 15) is 0 Å². The van der Waals surface area contributed by atoms with Gasteiger partial charge in [-0.2, -0.15) is 5.10 Å². The Balaban J connectivity index is 1.97. The molecule has 0 amide bonds. The number of nitrogens with zero attached hydrogens (tertiary/aromatic N) is 2. The molecule has 1 heterocycles. The average molecular weight is 294 g/mol. The lowest BCUT2D eigenvalue weighted by Crippen LogP contribution is -2.11. The third-order valence-electron chi connectivity index (χ3n) is 3.16. The van der Waals surface area contributed by atoms with Crippen molar-refractivity contribution in [2.45, 2.75) is 27.0 Å². The highest BCUT2D eigenvalue weighted by Gasteiger charge is 2.11. The van der Waals surface area contributed by atoms with E-state index in [0.29, 0.717) is 11.8 Å². The highest BCUT2D eigenvalue weighted by Crippen LogP contribution is 2.21. The van der Waals surface area contributed by atoms with Gasteiger partial charge in [0.2, 0.25) is 0 Å². The number of aryl methyl sites for hydroxylation is 2. The van der Waals surface area contributed by atoms with Crippen molar-refractivity contribution in [1.82, 2.24) is 15.1 Å². The third-order valence-corrected chi connectivity index (χ3v) is 3.63. The summed E-state index contributed by atoms with van der Waals surface area (Å²) in [6, 6.07) is 8.09. The van der Waals surface area contributed by atoms with Crippen LogP contribution in [0.5, 0.6) is 5.75 Å². The van der Waals surface area contributed by atoms with Crippen LogP contribution in [-0.4, -0.2) is 16.3 Å². The first-order valence-electron chi connectivity index (χ1n) is 6.72. The van der Waals surface area contributed by atoms with E-state index in [4.69, 9.17) is 16.3 Å². The van der Waals surface area contributed by atoms with Crippen LogP contribution >= 0.6 is 11.6 Å². The van der Waals surface area contributed by atoms with Gasteiger partial charge in [-0.3, -0.25) is 4.68 Å². The number of aromatic nitrogens is 2. The maximum absolute atomic E-state index is 6.17. The standard InChI is InChI=1S/C15H20ClN3O/c1-4-17-9-12-5-7-13(8-6-12)20-10-14-11(2)18-19(3)15(14)16/h5-8,17H,4,9-10H2,1-3H3. The highest BCUT2D eigenvalue weighted by molar-refractivity contribution is 6.30. The third kappa shape index (κ3) is 3.52. The zero-order valence-corrected chi connectivity index (χ0v) is 12.9. The highest BCUT2D eigenvalue weighted by atomic mass is 35.5. The Bertz CT molecular complexity index is 563. The molecule has 0 aliphatic carbocycles. The molecule has 20 heavy (non-hydrogen) atoms. The summed E-state index contributed by atoms with van der Waals surface area (Å²) in [6.45, 7) is 6.31. The molecule has 5 heteroatoms. The number of rotatable bonds is 6. The van der Waals surface area contributed by atoms with Gasteiger partial charge in [0, 0.05) is 19.2 Å². The maximum Gasteiger partial charge on any atom is 0.133 e. The summed E-state index contributed by atoms with van der Waals surface area (Å²) in [5.41, 5.74) is 3.09. The van der Waals surface area contributed by atoms with Crippen molar-refractivity contribution >= 4 is 11.6 Å². The minimum absolute atomic E-state index is 0.436. The monoisotopic (exact) mass is 293 g/mol. The lowest BCUT2D eigenvalue weighted by molar-refractivity contribution is 0.305. The molecule has 1 N–H and O–H groups in total. The summed E-state index contributed by atoms with van der Waals surface area (Å²) in [5, 5.41) is 8.19. The first-order valence-corrected chi connectivity index (χ1v) is 7.10. The topological polar surface area (TPSA) is 39.1 Å². The van der Waals surface area contributed by atoms with Crippen LogP contribution in [0.15, 0.2) is 24.3 Å². The second-order valence-corrected chi connectivity index (χ2v) is 5.05. The second-order valence-electron chi connectivity index (χ2n) is 4.69. The Morgan fingerprint density at radius 1 is 1.30 bits per heavy atom. The Labute approximate surface area is 124 Å². The van der Waals surface area contributed by atoms with Gasteiger partial charge in [-0.05, 0) is 31.2 Å². The van der Waals surface area contributed by atoms with Crippen molar-refractivity contribution in [3.05, 3.63) is 46.2 Å². The number of hydrogen-bond acceptors (Lipinski definition) is 3. The molecule has 0 saturated heterocycles. The molecule has 0 bridgehead atoms. The van der Waals surface area contributed by atoms with Gasteiger partial charge >= 0.3 is 0 Å². The maximum atomic E-state index is 6.17. The molecule has 0 spiro atoms. The minimum atomic E-state index is 0.436. The molecule has 1 aromatic heterocycles. The van der Waals surface area contributed by atoms with Gasteiger partial charge in [0.05, 0.1) is 5.69 Å². The Kier molecular flexibility index (Phi) is 5.04. The molecule has 0 fully saturated rings. The molecule has 0 atom stereocenters. The molecule has 1 aromatic carbocycles. The van der Waals surface area contributed by atoms with Gasteiger partial charge in [-0.25, -0.2) is 0 Å². The SMILES string of the molecule is CCNCc1ccc(OCc2c(C)nn(C)c2Cl)cc1. The van der Waals surface area contributed by atoms with Crippen molar-refractivity contribution in [2.24, 2.45) is 7.05 Å². The van der Waals surface area contributed by atoms with Gasteiger partial charge in [0.15, 0.2) is 0 Å². The van der Waals surface area contributed by atoms with Crippen LogP contribution in [0.25, 0.3) is 0 Å². The van der Waals surface area contributed by atoms with Gasteiger partial charge < -0.3 is 10.1 Å². The molecule has 4 nitrogen and oxygen atoms in total. The zero-order valence-electron chi connectivity index (χ0n) is 12.1. The van der Waals surface area contributed by atoms with Gasteiger partial charge in [0.1, 0.15) is 17.5 Å². The van der Waals surface area contributed by atoms with Crippen LogP contribution in [-0.2, 0) is 20.2 Å². The fourth-order valence-corrected chi connectivity index (χ4v) is 2.20. The summed E-state index contributed by atoms with van der Waals surface area (Å²) in [7, 11) is 1.83. The van der Waals surface area contributed by atoms with E-state index >= 15 is 0 Å². The van der Waals surface area contributed by atoms with Crippen molar-refractivity contribution in [3.8, 4) is 5.75 Å². The molecule has 2 aromatic rings. The minimum Gasteiger partial charge on any atom is -0.489 e. The number of ether oxygens (including phenoxy) is 1. The molecule has 0 radical (unpaired) electrons. The van der Waals surface area contributed by atoms with Crippen molar-refractivity contribution < 1.29 is 4.74 Å². The quantitative estimate of drug-likeness (QED) is 0.890. The number of hydrogen-bond donors (Lipinski definition) is 1. The Morgan fingerprint density at radius 2 is 2.00 bits per heavy atom. The van der Waals surface area contributed by atoms with Gasteiger partial charge in [-0.15, -0.1) is 0 Å². The summed E-state index contributed by atoms with van der Waals surface area (Å²) in [5.74, 6) is 0.838. The normalized spacial score (nSPS) is 10.8. The molecule has 0 aliphatic rings. The molecule has 2 rings (SSSR count). The molecular formula is C15H20ClN3O. The van der Waals surface area contributed by atoms with Crippen molar-refractivity contribution in [2.75, 3.05) is 6.54 Å². The molecule has 0 aliphatic heterocycles. The second kappa shape index (κ2) is 6.77. The Hall–Kier alpha value is -1.52. The van der Waals surface area contributed by atoms with Crippen molar-refractivity contribution in [3.63, 3.8) is 0 Å². The molecule has 0 unspecified atom stereocenters. The molecule has 0 saturated carbocycles. The number of benzene rings is 1.